The van der Waals surface area contributed by atoms with Crippen LogP contribution in [0.2, 0.25) is 0 Å². The SMILES string of the molecule is CC(C)(C)c1ccc(OCCCC(=O)NC2CCOC(c3cccnc3)C2)cc1. The van der Waals surface area contributed by atoms with Crippen molar-refractivity contribution in [2.45, 2.75) is 64.0 Å². The zero-order chi connectivity index (χ0) is 20.7. The average Bonchev–Trinajstić information content (AvgIpc) is 2.72. The highest BCUT2D eigenvalue weighted by atomic mass is 16.5. The summed E-state index contributed by atoms with van der Waals surface area (Å²) in [6.07, 6.45) is 6.39. The Hall–Kier alpha value is -2.40. The molecule has 1 N–H and O–H groups in total. The van der Waals surface area contributed by atoms with Crippen LogP contribution in [0.1, 0.15) is 63.7 Å². The molecule has 5 heteroatoms. The molecule has 1 aliphatic rings. The van der Waals surface area contributed by atoms with Crippen LogP contribution in [0.5, 0.6) is 5.75 Å². The number of aromatic nitrogens is 1. The molecule has 0 radical (unpaired) electrons. The van der Waals surface area contributed by atoms with Crippen molar-refractivity contribution in [2.75, 3.05) is 13.2 Å². The van der Waals surface area contributed by atoms with E-state index in [1.165, 1.54) is 5.56 Å². The van der Waals surface area contributed by atoms with Gasteiger partial charge in [0.05, 0.1) is 12.7 Å². The van der Waals surface area contributed by atoms with E-state index in [1.54, 1.807) is 6.20 Å². The first-order valence-electron chi connectivity index (χ1n) is 10.5. The van der Waals surface area contributed by atoms with Crippen molar-refractivity contribution >= 4 is 5.91 Å². The fourth-order valence-corrected chi connectivity index (χ4v) is 3.50. The Labute approximate surface area is 173 Å². The maximum atomic E-state index is 12.3. The predicted octanol–water partition coefficient (Wildman–Crippen LogP) is 4.57. The van der Waals surface area contributed by atoms with E-state index in [0.29, 0.717) is 26.1 Å². The van der Waals surface area contributed by atoms with Crippen molar-refractivity contribution in [3.63, 3.8) is 0 Å². The van der Waals surface area contributed by atoms with Gasteiger partial charge < -0.3 is 14.8 Å². The number of nitrogens with one attached hydrogen (secondary N) is 1. The van der Waals surface area contributed by atoms with Gasteiger partial charge in [0.2, 0.25) is 5.91 Å². The second kappa shape index (κ2) is 9.88. The van der Waals surface area contributed by atoms with Crippen LogP contribution in [-0.2, 0) is 14.9 Å². The number of hydrogen-bond donors (Lipinski definition) is 1. The Morgan fingerprint density at radius 1 is 1.24 bits per heavy atom. The summed E-state index contributed by atoms with van der Waals surface area (Å²) in [5, 5.41) is 3.15. The molecule has 2 atom stereocenters. The number of amides is 1. The van der Waals surface area contributed by atoms with Gasteiger partial charge in [-0.05, 0) is 54.0 Å². The monoisotopic (exact) mass is 396 g/mol. The zero-order valence-corrected chi connectivity index (χ0v) is 17.7. The van der Waals surface area contributed by atoms with Crippen LogP contribution in [0.3, 0.4) is 0 Å². The zero-order valence-electron chi connectivity index (χ0n) is 17.7. The lowest BCUT2D eigenvalue weighted by Crippen LogP contribution is -2.39. The number of carbonyl (C=O) groups is 1. The van der Waals surface area contributed by atoms with Gasteiger partial charge in [0.1, 0.15) is 5.75 Å². The summed E-state index contributed by atoms with van der Waals surface area (Å²) in [7, 11) is 0. The van der Waals surface area contributed by atoms with E-state index in [-0.39, 0.29) is 23.5 Å². The lowest BCUT2D eigenvalue weighted by atomic mass is 9.87. The summed E-state index contributed by atoms with van der Waals surface area (Å²) in [4.78, 5) is 16.5. The predicted molar refractivity (Wildman–Crippen MR) is 114 cm³/mol. The topological polar surface area (TPSA) is 60.5 Å². The summed E-state index contributed by atoms with van der Waals surface area (Å²) in [5.41, 5.74) is 2.49. The van der Waals surface area contributed by atoms with Crippen molar-refractivity contribution in [3.05, 3.63) is 59.9 Å². The van der Waals surface area contributed by atoms with Crippen LogP contribution in [0.25, 0.3) is 0 Å². The first kappa shape index (κ1) is 21.3. The standard InChI is InChI=1S/C24H32N2O3/c1-24(2,3)19-8-10-21(11-9-19)28-14-5-7-23(27)26-20-12-15-29-22(16-20)18-6-4-13-25-17-18/h4,6,8-11,13,17,20,22H,5,7,12,14-16H2,1-3H3,(H,26,27). The van der Waals surface area contributed by atoms with Crippen LogP contribution in [0.4, 0.5) is 0 Å². The molecule has 1 saturated heterocycles. The van der Waals surface area contributed by atoms with Gasteiger partial charge in [-0.25, -0.2) is 0 Å². The van der Waals surface area contributed by atoms with Gasteiger partial charge in [-0.3, -0.25) is 9.78 Å². The smallest absolute Gasteiger partial charge is 0.220 e. The minimum atomic E-state index is 0.00199. The highest BCUT2D eigenvalue weighted by Gasteiger charge is 2.25. The van der Waals surface area contributed by atoms with Crippen LogP contribution < -0.4 is 10.1 Å². The number of carbonyl (C=O) groups excluding carboxylic acids is 1. The molecule has 2 heterocycles. The highest BCUT2D eigenvalue weighted by Crippen LogP contribution is 2.27. The Morgan fingerprint density at radius 2 is 2.03 bits per heavy atom. The van der Waals surface area contributed by atoms with Gasteiger partial charge in [-0.1, -0.05) is 39.0 Å². The van der Waals surface area contributed by atoms with Gasteiger partial charge >= 0.3 is 0 Å². The maximum absolute atomic E-state index is 12.3. The van der Waals surface area contributed by atoms with Crippen LogP contribution in [-0.4, -0.2) is 30.1 Å². The lowest BCUT2D eigenvalue weighted by molar-refractivity contribution is -0.123. The van der Waals surface area contributed by atoms with Gasteiger partial charge in [0.25, 0.3) is 0 Å². The quantitative estimate of drug-likeness (QED) is 0.696. The number of rotatable bonds is 7. The summed E-state index contributed by atoms with van der Waals surface area (Å²) in [6.45, 7) is 7.77. The van der Waals surface area contributed by atoms with Crippen LogP contribution in [0, 0.1) is 0 Å². The minimum Gasteiger partial charge on any atom is -0.494 e. The van der Waals surface area contributed by atoms with Gasteiger partial charge in [-0.2, -0.15) is 0 Å². The molecule has 1 aliphatic heterocycles. The van der Waals surface area contributed by atoms with E-state index < -0.39 is 0 Å². The van der Waals surface area contributed by atoms with Crippen LogP contribution >= 0.6 is 0 Å². The Kier molecular flexibility index (Phi) is 7.26. The normalized spacial score (nSPS) is 19.6. The van der Waals surface area contributed by atoms with E-state index in [9.17, 15) is 4.79 Å². The minimum absolute atomic E-state index is 0.00199. The second-order valence-electron chi connectivity index (χ2n) is 8.66. The molecule has 0 spiro atoms. The molecule has 2 unspecified atom stereocenters. The van der Waals surface area contributed by atoms with E-state index in [4.69, 9.17) is 9.47 Å². The number of nitrogens with zero attached hydrogens (tertiary/aromatic N) is 1. The molecule has 0 bridgehead atoms. The Bertz CT molecular complexity index is 769. The van der Waals surface area contributed by atoms with Crippen molar-refractivity contribution in [1.82, 2.24) is 10.3 Å². The van der Waals surface area contributed by atoms with E-state index >= 15 is 0 Å². The highest BCUT2D eigenvalue weighted by molar-refractivity contribution is 5.76. The summed E-state index contributed by atoms with van der Waals surface area (Å²) >= 11 is 0. The lowest BCUT2D eigenvalue weighted by Gasteiger charge is -2.30. The molecule has 0 saturated carbocycles. The van der Waals surface area contributed by atoms with Crippen molar-refractivity contribution < 1.29 is 14.3 Å². The fourth-order valence-electron chi connectivity index (χ4n) is 3.50. The van der Waals surface area contributed by atoms with Crippen molar-refractivity contribution in [3.8, 4) is 5.75 Å². The Balaban J connectivity index is 1.36. The van der Waals surface area contributed by atoms with Crippen LogP contribution in [0.15, 0.2) is 48.8 Å². The number of hydrogen-bond acceptors (Lipinski definition) is 4. The number of benzene rings is 1. The number of ether oxygens (including phenoxy) is 2. The Morgan fingerprint density at radius 3 is 2.72 bits per heavy atom. The van der Waals surface area contributed by atoms with E-state index in [1.807, 2.05) is 30.5 Å². The third-order valence-corrected chi connectivity index (χ3v) is 5.24. The summed E-state index contributed by atoms with van der Waals surface area (Å²) in [6, 6.07) is 12.3. The van der Waals surface area contributed by atoms with Crippen molar-refractivity contribution in [2.24, 2.45) is 0 Å². The molecule has 0 aliphatic carbocycles. The first-order valence-corrected chi connectivity index (χ1v) is 10.5. The molecule has 29 heavy (non-hydrogen) atoms. The van der Waals surface area contributed by atoms with Gasteiger partial charge in [-0.15, -0.1) is 0 Å². The molecular formula is C24H32N2O3. The molecule has 5 nitrogen and oxygen atoms in total. The molecule has 2 aromatic rings. The number of pyridine rings is 1. The fraction of sp³-hybridized carbons (Fsp3) is 0.500. The third kappa shape index (κ3) is 6.57. The first-order chi connectivity index (χ1) is 13.9. The van der Waals surface area contributed by atoms with Gasteiger partial charge in [0, 0.05) is 31.5 Å². The molecule has 1 fully saturated rings. The summed E-state index contributed by atoms with van der Waals surface area (Å²) < 4.78 is 11.6. The van der Waals surface area contributed by atoms with Gasteiger partial charge in [0.15, 0.2) is 0 Å². The largest absolute Gasteiger partial charge is 0.494 e. The van der Waals surface area contributed by atoms with Crippen molar-refractivity contribution in [1.29, 1.82) is 0 Å². The third-order valence-electron chi connectivity index (χ3n) is 5.24. The summed E-state index contributed by atoms with van der Waals surface area (Å²) in [5.74, 6) is 0.927. The molecular weight excluding hydrogens is 364 g/mol. The average molecular weight is 397 g/mol. The maximum Gasteiger partial charge on any atom is 0.220 e. The molecule has 1 aromatic heterocycles. The van der Waals surface area contributed by atoms with E-state index in [0.717, 1.165) is 24.2 Å². The van der Waals surface area contributed by atoms with E-state index in [2.05, 4.69) is 43.2 Å². The molecule has 3 rings (SSSR count). The molecule has 1 aromatic carbocycles. The molecule has 1 amide bonds. The second-order valence-corrected chi connectivity index (χ2v) is 8.66. The molecule has 156 valence electrons.